The van der Waals surface area contributed by atoms with E-state index in [1.165, 1.54) is 25.8 Å². The largest absolute Gasteiger partial charge is 0.316 e. The molecule has 2 unspecified atom stereocenters. The van der Waals surface area contributed by atoms with Gasteiger partial charge >= 0.3 is 0 Å². The van der Waals surface area contributed by atoms with Gasteiger partial charge in [0.1, 0.15) is 0 Å². The average molecular weight is 184 g/mol. The van der Waals surface area contributed by atoms with Crippen LogP contribution in [0.4, 0.5) is 0 Å². The summed E-state index contributed by atoms with van der Waals surface area (Å²) in [5, 5.41) is 6.98. The van der Waals surface area contributed by atoms with E-state index >= 15 is 0 Å². The van der Waals surface area contributed by atoms with E-state index in [1.807, 2.05) is 0 Å². The summed E-state index contributed by atoms with van der Waals surface area (Å²) in [4.78, 5) is 0. The predicted octanol–water partition coefficient (Wildman–Crippen LogP) is 1.76. The van der Waals surface area contributed by atoms with Gasteiger partial charge in [-0.25, -0.2) is 0 Å². The summed E-state index contributed by atoms with van der Waals surface area (Å²) in [5.74, 6) is 0. The van der Waals surface area contributed by atoms with Crippen molar-refractivity contribution in [2.45, 2.75) is 52.1 Å². The second-order valence-electron chi connectivity index (χ2n) is 5.24. The molecule has 1 fully saturated rings. The van der Waals surface area contributed by atoms with Crippen LogP contribution < -0.4 is 10.6 Å². The van der Waals surface area contributed by atoms with E-state index in [-0.39, 0.29) is 0 Å². The van der Waals surface area contributed by atoms with Crippen molar-refractivity contribution in [1.82, 2.24) is 10.6 Å². The lowest BCUT2D eigenvalue weighted by molar-refractivity contribution is 0.249. The van der Waals surface area contributed by atoms with Gasteiger partial charge in [0.2, 0.25) is 0 Å². The second kappa shape index (κ2) is 4.43. The van der Waals surface area contributed by atoms with Crippen molar-refractivity contribution in [3.63, 3.8) is 0 Å². The molecule has 0 aromatic carbocycles. The van der Waals surface area contributed by atoms with Crippen molar-refractivity contribution in [3.8, 4) is 0 Å². The topological polar surface area (TPSA) is 24.1 Å². The van der Waals surface area contributed by atoms with Crippen LogP contribution in [0.1, 0.15) is 40.0 Å². The fourth-order valence-electron chi connectivity index (χ4n) is 2.15. The third-order valence-corrected chi connectivity index (χ3v) is 3.08. The molecule has 2 N–H and O–H groups in total. The third kappa shape index (κ3) is 3.28. The number of nitrogens with one attached hydrogen (secondary N) is 2. The lowest BCUT2D eigenvalue weighted by Gasteiger charge is -2.32. The van der Waals surface area contributed by atoms with E-state index in [1.54, 1.807) is 0 Å². The van der Waals surface area contributed by atoms with Gasteiger partial charge in [-0.15, -0.1) is 0 Å². The molecule has 2 nitrogen and oxygen atoms in total. The number of hydrogen-bond donors (Lipinski definition) is 2. The van der Waals surface area contributed by atoms with Gasteiger partial charge in [-0.2, -0.15) is 0 Å². The highest BCUT2D eigenvalue weighted by atomic mass is 15.0. The molecule has 1 aliphatic rings. The zero-order chi connectivity index (χ0) is 9.90. The van der Waals surface area contributed by atoms with Crippen molar-refractivity contribution in [3.05, 3.63) is 0 Å². The van der Waals surface area contributed by atoms with Crippen LogP contribution in [-0.2, 0) is 0 Å². The van der Waals surface area contributed by atoms with Crippen LogP contribution in [0.25, 0.3) is 0 Å². The smallest absolute Gasteiger partial charge is 0.0127 e. The van der Waals surface area contributed by atoms with Gasteiger partial charge in [0.15, 0.2) is 0 Å². The minimum atomic E-state index is 0.374. The van der Waals surface area contributed by atoms with Gasteiger partial charge < -0.3 is 10.6 Å². The standard InChI is InChI=1S/C11H24N2/c1-11(2,3)10(12-4)8-9-6-5-7-13-9/h9-10,12-13H,5-8H2,1-4H3. The first-order valence-corrected chi connectivity index (χ1v) is 5.44. The first kappa shape index (κ1) is 11.0. The summed E-state index contributed by atoms with van der Waals surface area (Å²) in [6.45, 7) is 8.14. The third-order valence-electron chi connectivity index (χ3n) is 3.08. The SMILES string of the molecule is CNC(CC1CCCN1)C(C)(C)C. The van der Waals surface area contributed by atoms with Crippen LogP contribution in [-0.4, -0.2) is 25.7 Å². The fourth-order valence-corrected chi connectivity index (χ4v) is 2.15. The van der Waals surface area contributed by atoms with E-state index in [2.05, 4.69) is 38.5 Å². The molecule has 2 atom stereocenters. The lowest BCUT2D eigenvalue weighted by Crippen LogP contribution is -2.42. The number of hydrogen-bond acceptors (Lipinski definition) is 2. The molecule has 0 saturated carbocycles. The molecule has 78 valence electrons. The first-order chi connectivity index (χ1) is 6.04. The Hall–Kier alpha value is -0.0800. The Morgan fingerprint density at radius 1 is 1.46 bits per heavy atom. The summed E-state index contributed by atoms with van der Waals surface area (Å²) in [6, 6.07) is 1.37. The molecule has 0 aliphatic carbocycles. The second-order valence-corrected chi connectivity index (χ2v) is 5.24. The van der Waals surface area contributed by atoms with E-state index in [0.29, 0.717) is 11.5 Å². The van der Waals surface area contributed by atoms with Crippen molar-refractivity contribution in [2.24, 2.45) is 5.41 Å². The average Bonchev–Trinajstić information content (AvgIpc) is 2.49. The number of rotatable bonds is 3. The Kier molecular flexibility index (Phi) is 3.74. The van der Waals surface area contributed by atoms with Gasteiger partial charge in [0.25, 0.3) is 0 Å². The molecular weight excluding hydrogens is 160 g/mol. The van der Waals surface area contributed by atoms with Gasteiger partial charge in [-0.1, -0.05) is 20.8 Å². The summed E-state index contributed by atoms with van der Waals surface area (Å²) in [5.41, 5.74) is 0.374. The Bertz CT molecular complexity index is 143. The van der Waals surface area contributed by atoms with Gasteiger partial charge in [-0.05, 0) is 38.3 Å². The molecule has 13 heavy (non-hydrogen) atoms. The van der Waals surface area contributed by atoms with Crippen LogP contribution in [0.3, 0.4) is 0 Å². The van der Waals surface area contributed by atoms with E-state index in [9.17, 15) is 0 Å². The van der Waals surface area contributed by atoms with E-state index < -0.39 is 0 Å². The van der Waals surface area contributed by atoms with Crippen molar-refractivity contribution in [1.29, 1.82) is 0 Å². The Balaban J connectivity index is 2.39. The van der Waals surface area contributed by atoms with Gasteiger partial charge in [-0.3, -0.25) is 0 Å². The molecular formula is C11H24N2. The zero-order valence-corrected chi connectivity index (χ0v) is 9.48. The summed E-state index contributed by atoms with van der Waals surface area (Å²) in [7, 11) is 2.07. The minimum Gasteiger partial charge on any atom is -0.316 e. The molecule has 0 aromatic rings. The maximum Gasteiger partial charge on any atom is 0.0127 e. The molecule has 2 heteroatoms. The van der Waals surface area contributed by atoms with Crippen molar-refractivity contribution in [2.75, 3.05) is 13.6 Å². The normalized spacial score (nSPS) is 26.3. The molecule has 1 saturated heterocycles. The molecule has 0 bridgehead atoms. The summed E-state index contributed by atoms with van der Waals surface area (Å²) >= 11 is 0. The quantitative estimate of drug-likeness (QED) is 0.698. The minimum absolute atomic E-state index is 0.374. The molecule has 0 aromatic heterocycles. The fraction of sp³-hybridized carbons (Fsp3) is 1.00. The summed E-state index contributed by atoms with van der Waals surface area (Å²) < 4.78 is 0. The Morgan fingerprint density at radius 2 is 2.15 bits per heavy atom. The molecule has 1 rings (SSSR count). The molecule has 1 heterocycles. The zero-order valence-electron chi connectivity index (χ0n) is 9.48. The molecule has 0 spiro atoms. The van der Waals surface area contributed by atoms with E-state index in [4.69, 9.17) is 0 Å². The highest BCUT2D eigenvalue weighted by Gasteiger charge is 2.27. The molecule has 0 radical (unpaired) electrons. The first-order valence-electron chi connectivity index (χ1n) is 5.44. The van der Waals surface area contributed by atoms with Crippen LogP contribution in [0.5, 0.6) is 0 Å². The van der Waals surface area contributed by atoms with Crippen molar-refractivity contribution < 1.29 is 0 Å². The Morgan fingerprint density at radius 3 is 2.54 bits per heavy atom. The highest BCUT2D eigenvalue weighted by molar-refractivity contribution is 4.86. The highest BCUT2D eigenvalue weighted by Crippen LogP contribution is 2.24. The van der Waals surface area contributed by atoms with Crippen LogP contribution in [0.2, 0.25) is 0 Å². The summed E-state index contributed by atoms with van der Waals surface area (Å²) in [6.07, 6.45) is 3.97. The van der Waals surface area contributed by atoms with Crippen LogP contribution >= 0.6 is 0 Å². The Labute approximate surface area is 82.5 Å². The van der Waals surface area contributed by atoms with Crippen LogP contribution in [0.15, 0.2) is 0 Å². The maximum absolute atomic E-state index is 3.55. The maximum atomic E-state index is 3.55. The van der Waals surface area contributed by atoms with Crippen molar-refractivity contribution >= 4 is 0 Å². The lowest BCUT2D eigenvalue weighted by atomic mass is 9.83. The molecule has 1 aliphatic heterocycles. The van der Waals surface area contributed by atoms with E-state index in [0.717, 1.165) is 6.04 Å². The van der Waals surface area contributed by atoms with Gasteiger partial charge in [0, 0.05) is 12.1 Å². The molecule has 0 amide bonds. The monoisotopic (exact) mass is 184 g/mol. The van der Waals surface area contributed by atoms with Gasteiger partial charge in [0.05, 0.1) is 0 Å². The van der Waals surface area contributed by atoms with Crippen LogP contribution in [0, 0.1) is 5.41 Å². The predicted molar refractivity (Wildman–Crippen MR) is 57.9 cm³/mol.